The minimum Gasteiger partial charge on any atom is -0.466 e. The van der Waals surface area contributed by atoms with Gasteiger partial charge in [-0.25, -0.2) is 4.90 Å². The van der Waals surface area contributed by atoms with Gasteiger partial charge in [0.25, 0.3) is 11.8 Å². The van der Waals surface area contributed by atoms with E-state index in [-0.39, 0.29) is 36.3 Å². The van der Waals surface area contributed by atoms with E-state index in [1.807, 2.05) is 45.9 Å². The molecule has 0 saturated heterocycles. The maximum absolute atomic E-state index is 13.6. The standard InChI is InChI=1S/C25H27NO4S/c1-6-30-21(27)13-20(31)18-11-8-12-19-22(18)25(29)26(24(19)28)23-16(14(2)3)9-7-10-17(23)15(4)5/h7-12,14-15H,6,13H2,1-5H3. The Labute approximate surface area is 188 Å². The van der Waals surface area contributed by atoms with Crippen molar-refractivity contribution in [3.8, 4) is 0 Å². The van der Waals surface area contributed by atoms with Crippen molar-refractivity contribution in [3.05, 3.63) is 64.2 Å². The van der Waals surface area contributed by atoms with Gasteiger partial charge in [0.05, 0.1) is 29.8 Å². The summed E-state index contributed by atoms with van der Waals surface area (Å²) in [4.78, 5) is 40.6. The van der Waals surface area contributed by atoms with E-state index in [0.717, 1.165) is 11.1 Å². The van der Waals surface area contributed by atoms with Crippen LogP contribution < -0.4 is 4.90 Å². The molecule has 162 valence electrons. The van der Waals surface area contributed by atoms with Crippen LogP contribution in [0.5, 0.6) is 0 Å². The van der Waals surface area contributed by atoms with Gasteiger partial charge in [0.1, 0.15) is 0 Å². The number of hydrogen-bond acceptors (Lipinski definition) is 5. The van der Waals surface area contributed by atoms with Crippen LogP contribution in [0.25, 0.3) is 0 Å². The topological polar surface area (TPSA) is 63.7 Å². The van der Waals surface area contributed by atoms with E-state index >= 15 is 0 Å². The van der Waals surface area contributed by atoms with E-state index in [1.54, 1.807) is 25.1 Å². The smallest absolute Gasteiger partial charge is 0.311 e. The normalized spacial score (nSPS) is 13.2. The molecule has 0 fully saturated rings. The number of benzene rings is 2. The van der Waals surface area contributed by atoms with Gasteiger partial charge in [-0.1, -0.05) is 70.2 Å². The number of rotatable bonds is 7. The predicted octanol–water partition coefficient (Wildman–Crippen LogP) is 5.41. The van der Waals surface area contributed by atoms with Gasteiger partial charge in [0, 0.05) is 10.4 Å². The number of carbonyl (C=O) groups excluding carboxylic acids is 3. The Kier molecular flexibility index (Phi) is 6.70. The van der Waals surface area contributed by atoms with Crippen molar-refractivity contribution in [2.45, 2.75) is 52.9 Å². The third-order valence-corrected chi connectivity index (χ3v) is 5.76. The second kappa shape index (κ2) is 9.10. The minimum absolute atomic E-state index is 0.110. The fourth-order valence-corrected chi connectivity index (χ4v) is 4.22. The number of carbonyl (C=O) groups is 3. The molecule has 0 saturated carbocycles. The predicted molar refractivity (Wildman–Crippen MR) is 125 cm³/mol. The highest BCUT2D eigenvalue weighted by Gasteiger charge is 2.41. The van der Waals surface area contributed by atoms with Crippen molar-refractivity contribution in [2.75, 3.05) is 11.5 Å². The number of hydrogen-bond donors (Lipinski definition) is 0. The van der Waals surface area contributed by atoms with Crippen molar-refractivity contribution >= 4 is 40.6 Å². The number of nitrogens with zero attached hydrogens (tertiary/aromatic N) is 1. The van der Waals surface area contributed by atoms with Gasteiger partial charge in [-0.05, 0) is 36.0 Å². The molecular formula is C25H27NO4S. The zero-order chi connectivity index (χ0) is 22.9. The third-order valence-electron chi connectivity index (χ3n) is 5.39. The molecule has 0 unspecified atom stereocenters. The molecule has 31 heavy (non-hydrogen) atoms. The molecule has 2 aromatic rings. The maximum Gasteiger partial charge on any atom is 0.311 e. The van der Waals surface area contributed by atoms with Gasteiger partial charge in [0.15, 0.2) is 0 Å². The Morgan fingerprint density at radius 2 is 1.55 bits per heavy atom. The van der Waals surface area contributed by atoms with Crippen LogP contribution in [-0.4, -0.2) is 29.3 Å². The molecule has 0 spiro atoms. The van der Waals surface area contributed by atoms with Crippen LogP contribution in [0, 0.1) is 0 Å². The van der Waals surface area contributed by atoms with Gasteiger partial charge in [-0.3, -0.25) is 14.4 Å². The van der Waals surface area contributed by atoms with E-state index in [0.29, 0.717) is 21.7 Å². The van der Waals surface area contributed by atoms with Crippen LogP contribution in [0.4, 0.5) is 5.69 Å². The third kappa shape index (κ3) is 4.17. The summed E-state index contributed by atoms with van der Waals surface area (Å²) in [6, 6.07) is 10.9. The van der Waals surface area contributed by atoms with E-state index in [4.69, 9.17) is 17.0 Å². The number of anilines is 1. The molecule has 0 aliphatic carbocycles. The molecule has 1 aliphatic rings. The summed E-state index contributed by atoms with van der Waals surface area (Å²) in [5.41, 5.74) is 3.54. The second-order valence-corrected chi connectivity index (χ2v) is 8.67. The first-order valence-electron chi connectivity index (χ1n) is 10.5. The van der Waals surface area contributed by atoms with E-state index < -0.39 is 11.9 Å². The Balaban J connectivity index is 2.13. The first-order valence-corrected chi connectivity index (χ1v) is 10.9. The van der Waals surface area contributed by atoms with E-state index in [9.17, 15) is 14.4 Å². The Morgan fingerprint density at radius 1 is 0.968 bits per heavy atom. The molecule has 2 amide bonds. The molecule has 0 radical (unpaired) electrons. The van der Waals surface area contributed by atoms with Gasteiger partial charge in [-0.15, -0.1) is 0 Å². The lowest BCUT2D eigenvalue weighted by Crippen LogP contribution is -2.32. The molecular weight excluding hydrogens is 410 g/mol. The van der Waals surface area contributed by atoms with Crippen molar-refractivity contribution in [1.82, 2.24) is 0 Å². The van der Waals surface area contributed by atoms with Gasteiger partial charge in [-0.2, -0.15) is 0 Å². The number of fused-ring (bicyclic) bond motifs is 1. The van der Waals surface area contributed by atoms with Crippen molar-refractivity contribution in [1.29, 1.82) is 0 Å². The highest BCUT2D eigenvalue weighted by molar-refractivity contribution is 7.81. The zero-order valence-electron chi connectivity index (χ0n) is 18.5. The molecule has 6 heteroatoms. The van der Waals surface area contributed by atoms with Crippen LogP contribution in [0.2, 0.25) is 0 Å². The minimum atomic E-state index is -0.453. The summed E-state index contributed by atoms with van der Waals surface area (Å²) in [5.74, 6) is -0.969. The summed E-state index contributed by atoms with van der Waals surface area (Å²) in [6.07, 6.45) is -0.110. The fraction of sp³-hybridized carbons (Fsp3) is 0.360. The SMILES string of the molecule is CCOC(=O)CC(=S)c1cccc2c1C(=O)N(c1c(C(C)C)cccc1C(C)C)C2=O. The number of para-hydroxylation sites is 1. The highest BCUT2D eigenvalue weighted by atomic mass is 32.1. The number of thiocarbonyl (C=S) groups is 1. The second-order valence-electron chi connectivity index (χ2n) is 8.17. The molecule has 0 aromatic heterocycles. The Hall–Kier alpha value is -2.86. The van der Waals surface area contributed by atoms with Gasteiger partial charge >= 0.3 is 5.97 Å². The molecule has 0 bridgehead atoms. The Bertz CT molecular complexity index is 1040. The Morgan fingerprint density at radius 3 is 2.10 bits per heavy atom. The van der Waals surface area contributed by atoms with Crippen LogP contribution in [-0.2, 0) is 9.53 Å². The molecule has 5 nitrogen and oxygen atoms in total. The molecule has 1 aliphatic heterocycles. The number of imide groups is 1. The first-order chi connectivity index (χ1) is 14.7. The number of esters is 1. The lowest BCUT2D eigenvalue weighted by Gasteiger charge is -2.25. The zero-order valence-corrected chi connectivity index (χ0v) is 19.3. The van der Waals surface area contributed by atoms with Gasteiger partial charge in [0.2, 0.25) is 0 Å². The van der Waals surface area contributed by atoms with Crippen molar-refractivity contribution in [2.24, 2.45) is 0 Å². The molecule has 1 heterocycles. The summed E-state index contributed by atoms with van der Waals surface area (Å²) < 4.78 is 4.99. The van der Waals surface area contributed by atoms with Gasteiger partial charge < -0.3 is 4.74 Å². The maximum atomic E-state index is 13.6. The number of ether oxygens (including phenoxy) is 1. The lowest BCUT2D eigenvalue weighted by molar-refractivity contribution is -0.141. The summed E-state index contributed by atoms with van der Waals surface area (Å²) in [7, 11) is 0. The summed E-state index contributed by atoms with van der Waals surface area (Å²) >= 11 is 5.45. The van der Waals surface area contributed by atoms with Crippen LogP contribution >= 0.6 is 12.2 Å². The summed E-state index contributed by atoms with van der Waals surface area (Å²) in [5, 5.41) is 0. The van der Waals surface area contributed by atoms with Crippen molar-refractivity contribution < 1.29 is 19.1 Å². The van der Waals surface area contributed by atoms with Crippen LogP contribution in [0.1, 0.15) is 90.3 Å². The summed E-state index contributed by atoms with van der Waals surface area (Å²) in [6.45, 7) is 10.1. The molecule has 2 aromatic carbocycles. The quantitative estimate of drug-likeness (QED) is 0.251. The van der Waals surface area contributed by atoms with E-state index in [1.165, 1.54) is 4.90 Å². The highest BCUT2D eigenvalue weighted by Crippen LogP contribution is 2.40. The van der Waals surface area contributed by atoms with Crippen LogP contribution in [0.3, 0.4) is 0 Å². The monoisotopic (exact) mass is 437 g/mol. The number of amides is 2. The van der Waals surface area contributed by atoms with Crippen molar-refractivity contribution in [3.63, 3.8) is 0 Å². The average molecular weight is 438 g/mol. The average Bonchev–Trinajstić information content (AvgIpc) is 2.97. The molecule has 3 rings (SSSR count). The first kappa shape index (κ1) is 22.8. The molecule has 0 N–H and O–H groups in total. The van der Waals surface area contributed by atoms with Crippen LogP contribution in [0.15, 0.2) is 36.4 Å². The molecule has 0 atom stereocenters. The largest absolute Gasteiger partial charge is 0.466 e. The lowest BCUT2D eigenvalue weighted by atomic mass is 9.92. The fourth-order valence-electron chi connectivity index (χ4n) is 3.93. The van der Waals surface area contributed by atoms with E-state index in [2.05, 4.69) is 0 Å².